The van der Waals surface area contributed by atoms with Crippen LogP contribution in [-0.4, -0.2) is 6.54 Å². The lowest BCUT2D eigenvalue weighted by molar-refractivity contribution is 0.517. The first-order valence-corrected chi connectivity index (χ1v) is 6.89. The van der Waals surface area contributed by atoms with Crippen molar-refractivity contribution in [1.29, 1.82) is 0 Å². The van der Waals surface area contributed by atoms with Gasteiger partial charge in [0.05, 0.1) is 6.04 Å². The van der Waals surface area contributed by atoms with Crippen molar-refractivity contribution in [3.8, 4) is 0 Å². The minimum absolute atomic E-state index is 0.250. The Hall–Kier alpha value is -1.81. The third kappa shape index (κ3) is 3.10. The van der Waals surface area contributed by atoms with Crippen LogP contribution in [0.25, 0.3) is 0 Å². The smallest absolute Gasteiger partial charge is 0.131 e. The lowest BCUT2D eigenvalue weighted by Crippen LogP contribution is -2.24. The van der Waals surface area contributed by atoms with Crippen LogP contribution in [0.4, 0.5) is 13.2 Å². The molecule has 112 valence electrons. The third-order valence-corrected chi connectivity index (χ3v) is 3.53. The lowest BCUT2D eigenvalue weighted by atomic mass is 9.95. The summed E-state index contributed by atoms with van der Waals surface area (Å²) in [5.41, 5.74) is 1.44. The van der Waals surface area contributed by atoms with E-state index in [1.54, 1.807) is 32.0 Å². The van der Waals surface area contributed by atoms with Gasteiger partial charge in [-0.25, -0.2) is 13.2 Å². The van der Waals surface area contributed by atoms with Gasteiger partial charge in [0.25, 0.3) is 0 Å². The summed E-state index contributed by atoms with van der Waals surface area (Å²) in [4.78, 5) is 0. The molecule has 21 heavy (non-hydrogen) atoms. The molecule has 0 heterocycles. The summed E-state index contributed by atoms with van der Waals surface area (Å²) in [7, 11) is 0. The van der Waals surface area contributed by atoms with E-state index < -0.39 is 17.7 Å². The first-order chi connectivity index (χ1) is 9.95. The fourth-order valence-corrected chi connectivity index (χ4v) is 2.39. The molecule has 2 rings (SSSR count). The van der Waals surface area contributed by atoms with Crippen molar-refractivity contribution in [2.75, 3.05) is 6.54 Å². The molecule has 0 amide bonds. The predicted molar refractivity (Wildman–Crippen MR) is 77.8 cm³/mol. The zero-order valence-corrected chi connectivity index (χ0v) is 12.3. The first-order valence-electron chi connectivity index (χ1n) is 6.89. The molecule has 4 heteroatoms. The number of nitrogens with one attached hydrogen (secondary N) is 1. The van der Waals surface area contributed by atoms with Crippen molar-refractivity contribution in [3.05, 3.63) is 70.0 Å². The van der Waals surface area contributed by atoms with Gasteiger partial charge in [-0.3, -0.25) is 0 Å². The predicted octanol–water partition coefficient (Wildman–Crippen LogP) is 4.42. The van der Waals surface area contributed by atoms with Gasteiger partial charge < -0.3 is 5.32 Å². The maximum Gasteiger partial charge on any atom is 0.131 e. The monoisotopic (exact) mass is 293 g/mol. The van der Waals surface area contributed by atoms with Gasteiger partial charge in [0, 0.05) is 17.2 Å². The maximum atomic E-state index is 14.3. The SMILES string of the molecule is CCNC(c1cc(C)c(F)cc1F)c1cccc(C)c1F. The van der Waals surface area contributed by atoms with Gasteiger partial charge in [0.1, 0.15) is 17.5 Å². The molecule has 0 radical (unpaired) electrons. The van der Waals surface area contributed by atoms with Crippen molar-refractivity contribution in [3.63, 3.8) is 0 Å². The van der Waals surface area contributed by atoms with Crippen LogP contribution >= 0.6 is 0 Å². The van der Waals surface area contributed by atoms with Gasteiger partial charge in [0.15, 0.2) is 0 Å². The van der Waals surface area contributed by atoms with Gasteiger partial charge >= 0.3 is 0 Å². The Kier molecular flexibility index (Phi) is 4.68. The van der Waals surface area contributed by atoms with Gasteiger partial charge in [-0.1, -0.05) is 25.1 Å². The number of rotatable bonds is 4. The molecule has 0 fully saturated rings. The van der Waals surface area contributed by atoms with E-state index in [2.05, 4.69) is 5.32 Å². The molecule has 1 N–H and O–H groups in total. The fourth-order valence-electron chi connectivity index (χ4n) is 2.39. The molecule has 0 aliphatic carbocycles. The average molecular weight is 293 g/mol. The van der Waals surface area contributed by atoms with Crippen LogP contribution in [0.2, 0.25) is 0 Å². The van der Waals surface area contributed by atoms with Crippen LogP contribution in [-0.2, 0) is 0 Å². The highest BCUT2D eigenvalue weighted by Crippen LogP contribution is 2.29. The maximum absolute atomic E-state index is 14.3. The van der Waals surface area contributed by atoms with Gasteiger partial charge in [0.2, 0.25) is 0 Å². The highest BCUT2D eigenvalue weighted by Gasteiger charge is 2.22. The van der Waals surface area contributed by atoms with Crippen LogP contribution in [0.5, 0.6) is 0 Å². The fraction of sp³-hybridized carbons (Fsp3) is 0.294. The summed E-state index contributed by atoms with van der Waals surface area (Å²) in [6.45, 7) is 5.62. The van der Waals surface area contributed by atoms with Gasteiger partial charge in [-0.2, -0.15) is 0 Å². The van der Waals surface area contributed by atoms with E-state index in [-0.39, 0.29) is 11.4 Å². The molecule has 0 spiro atoms. The number of hydrogen-bond acceptors (Lipinski definition) is 1. The summed E-state index contributed by atoms with van der Waals surface area (Å²) in [6.07, 6.45) is 0. The molecular formula is C17H18F3N. The first kappa shape index (κ1) is 15.6. The second-order valence-corrected chi connectivity index (χ2v) is 5.09. The summed E-state index contributed by atoms with van der Waals surface area (Å²) in [5, 5.41) is 3.07. The largest absolute Gasteiger partial charge is 0.306 e. The summed E-state index contributed by atoms with van der Waals surface area (Å²) < 4.78 is 41.9. The molecule has 1 atom stereocenters. The van der Waals surface area contributed by atoms with Crippen LogP contribution in [0.15, 0.2) is 30.3 Å². The second-order valence-electron chi connectivity index (χ2n) is 5.09. The quantitative estimate of drug-likeness (QED) is 0.880. The molecule has 2 aromatic rings. The molecule has 1 nitrogen and oxygen atoms in total. The standard InChI is InChI=1S/C17H18F3N/c1-4-21-17(12-7-5-6-10(2)16(12)20)13-8-11(3)14(18)9-15(13)19/h5-9,17,21H,4H2,1-3H3. The molecule has 0 aromatic heterocycles. The Bertz CT molecular complexity index is 653. The summed E-state index contributed by atoms with van der Waals surface area (Å²) in [5.74, 6) is -1.65. The zero-order chi connectivity index (χ0) is 15.6. The van der Waals surface area contributed by atoms with Crippen LogP contribution in [0, 0.1) is 31.3 Å². The zero-order valence-electron chi connectivity index (χ0n) is 12.3. The average Bonchev–Trinajstić information content (AvgIpc) is 2.44. The van der Waals surface area contributed by atoms with Gasteiger partial charge in [-0.15, -0.1) is 0 Å². The molecule has 0 aliphatic heterocycles. The Balaban J connectivity index is 2.59. The van der Waals surface area contributed by atoms with Crippen LogP contribution < -0.4 is 5.32 Å². The van der Waals surface area contributed by atoms with E-state index in [1.165, 1.54) is 6.07 Å². The Labute approximate surface area is 122 Å². The van der Waals surface area contributed by atoms with Crippen molar-refractivity contribution >= 4 is 0 Å². The third-order valence-electron chi connectivity index (χ3n) is 3.53. The van der Waals surface area contributed by atoms with E-state index in [1.807, 2.05) is 6.92 Å². The minimum atomic E-state index is -0.676. The van der Waals surface area contributed by atoms with Crippen LogP contribution in [0.1, 0.15) is 35.2 Å². The van der Waals surface area contributed by atoms with Crippen molar-refractivity contribution in [2.24, 2.45) is 0 Å². The molecule has 1 unspecified atom stereocenters. The lowest BCUT2D eigenvalue weighted by Gasteiger charge is -2.21. The molecular weight excluding hydrogens is 275 g/mol. The minimum Gasteiger partial charge on any atom is -0.306 e. The summed E-state index contributed by atoms with van der Waals surface area (Å²) in [6, 6.07) is 6.64. The molecule has 0 saturated heterocycles. The van der Waals surface area contributed by atoms with Crippen LogP contribution in [0.3, 0.4) is 0 Å². The second kappa shape index (κ2) is 6.31. The van der Waals surface area contributed by atoms with Gasteiger partial charge in [-0.05, 0) is 37.6 Å². The van der Waals surface area contributed by atoms with Crippen molar-refractivity contribution in [2.45, 2.75) is 26.8 Å². The van der Waals surface area contributed by atoms with Crippen molar-refractivity contribution < 1.29 is 13.2 Å². The van der Waals surface area contributed by atoms with E-state index in [0.717, 1.165) is 6.07 Å². The Morgan fingerprint density at radius 3 is 2.33 bits per heavy atom. The van der Waals surface area contributed by atoms with E-state index >= 15 is 0 Å². The van der Waals surface area contributed by atoms with Crippen molar-refractivity contribution in [1.82, 2.24) is 5.32 Å². The molecule has 0 saturated carbocycles. The Morgan fingerprint density at radius 1 is 0.952 bits per heavy atom. The molecule has 2 aromatic carbocycles. The number of hydrogen-bond donors (Lipinski definition) is 1. The Morgan fingerprint density at radius 2 is 1.67 bits per heavy atom. The molecule has 0 aliphatic rings. The number of aryl methyl sites for hydroxylation is 2. The molecule has 0 bridgehead atoms. The normalized spacial score (nSPS) is 12.5. The summed E-state index contributed by atoms with van der Waals surface area (Å²) >= 11 is 0. The number of benzene rings is 2. The highest BCUT2D eigenvalue weighted by molar-refractivity contribution is 5.38. The highest BCUT2D eigenvalue weighted by atomic mass is 19.1. The van der Waals surface area contributed by atoms with E-state index in [0.29, 0.717) is 23.2 Å². The van der Waals surface area contributed by atoms with E-state index in [4.69, 9.17) is 0 Å². The topological polar surface area (TPSA) is 12.0 Å². The van der Waals surface area contributed by atoms with E-state index in [9.17, 15) is 13.2 Å². The number of halogens is 3.